The van der Waals surface area contributed by atoms with Crippen LogP contribution in [0.5, 0.6) is 0 Å². The Kier molecular flexibility index (Phi) is 2.59. The van der Waals surface area contributed by atoms with Crippen molar-refractivity contribution in [2.45, 2.75) is 32.2 Å². The highest BCUT2D eigenvalue weighted by Crippen LogP contribution is 2.39. The van der Waals surface area contributed by atoms with E-state index in [1.165, 1.54) is 6.92 Å². The van der Waals surface area contributed by atoms with Gasteiger partial charge in [0.15, 0.2) is 0 Å². The number of carbonyl (C=O) groups excluding carboxylic acids is 2. The van der Waals surface area contributed by atoms with Crippen molar-refractivity contribution in [2.24, 2.45) is 5.92 Å². The standard InChI is InChI=1S/C9H16N2O2/c1-6(12)11-9(2,7-4-5-7)8(13)10-3/h7H,4-5H2,1-3H3,(H,10,13)(H,11,12). The molecule has 1 saturated carbocycles. The van der Waals surface area contributed by atoms with E-state index in [1.807, 2.05) is 0 Å². The Morgan fingerprint density at radius 3 is 2.23 bits per heavy atom. The first-order chi connectivity index (χ1) is 6.00. The van der Waals surface area contributed by atoms with Gasteiger partial charge in [-0.25, -0.2) is 0 Å². The summed E-state index contributed by atoms with van der Waals surface area (Å²) in [7, 11) is 1.59. The zero-order valence-corrected chi connectivity index (χ0v) is 8.31. The number of likely N-dealkylation sites (N-methyl/N-ethyl adjacent to an activating group) is 1. The molecule has 0 heterocycles. The molecule has 0 aromatic rings. The fourth-order valence-corrected chi connectivity index (χ4v) is 1.63. The molecule has 2 N–H and O–H groups in total. The maximum atomic E-state index is 11.5. The minimum absolute atomic E-state index is 0.106. The zero-order chi connectivity index (χ0) is 10.1. The van der Waals surface area contributed by atoms with E-state index in [-0.39, 0.29) is 11.8 Å². The fraction of sp³-hybridized carbons (Fsp3) is 0.778. The molecule has 13 heavy (non-hydrogen) atoms. The molecule has 0 spiro atoms. The minimum atomic E-state index is -0.708. The second kappa shape index (κ2) is 3.36. The predicted molar refractivity (Wildman–Crippen MR) is 49.0 cm³/mol. The molecule has 4 nitrogen and oxygen atoms in total. The lowest BCUT2D eigenvalue weighted by Crippen LogP contribution is -2.57. The third kappa shape index (κ3) is 1.99. The molecule has 0 aliphatic heterocycles. The Morgan fingerprint density at radius 2 is 1.92 bits per heavy atom. The van der Waals surface area contributed by atoms with E-state index >= 15 is 0 Å². The van der Waals surface area contributed by atoms with Crippen LogP contribution in [0.4, 0.5) is 0 Å². The van der Waals surface area contributed by atoms with Crippen molar-refractivity contribution >= 4 is 11.8 Å². The molecule has 1 aliphatic carbocycles. The summed E-state index contributed by atoms with van der Waals surface area (Å²) in [5.74, 6) is 0.0412. The maximum Gasteiger partial charge on any atom is 0.245 e. The number of hydrogen-bond acceptors (Lipinski definition) is 2. The van der Waals surface area contributed by atoms with Crippen LogP contribution in [0.3, 0.4) is 0 Å². The molecule has 0 aromatic heterocycles. The average molecular weight is 184 g/mol. The molecule has 1 rings (SSSR count). The van der Waals surface area contributed by atoms with E-state index in [9.17, 15) is 9.59 Å². The molecule has 1 aliphatic rings. The van der Waals surface area contributed by atoms with Gasteiger partial charge in [0.1, 0.15) is 5.54 Å². The van der Waals surface area contributed by atoms with Gasteiger partial charge in [-0.15, -0.1) is 0 Å². The van der Waals surface area contributed by atoms with Crippen LogP contribution in [0.2, 0.25) is 0 Å². The molecular formula is C9H16N2O2. The van der Waals surface area contributed by atoms with Gasteiger partial charge in [-0.1, -0.05) is 0 Å². The molecule has 0 saturated heterocycles. The van der Waals surface area contributed by atoms with Crippen LogP contribution in [0, 0.1) is 5.92 Å². The van der Waals surface area contributed by atoms with Crippen LogP contribution in [0.15, 0.2) is 0 Å². The smallest absolute Gasteiger partial charge is 0.245 e. The lowest BCUT2D eigenvalue weighted by Gasteiger charge is -2.28. The van der Waals surface area contributed by atoms with Crippen LogP contribution >= 0.6 is 0 Å². The van der Waals surface area contributed by atoms with E-state index in [0.29, 0.717) is 5.92 Å². The van der Waals surface area contributed by atoms with Crippen molar-refractivity contribution in [2.75, 3.05) is 7.05 Å². The summed E-state index contributed by atoms with van der Waals surface area (Å²) in [6.07, 6.45) is 2.04. The normalized spacial score (nSPS) is 20.2. The Hall–Kier alpha value is -1.06. The van der Waals surface area contributed by atoms with Crippen LogP contribution in [0.1, 0.15) is 26.7 Å². The molecule has 2 amide bonds. The molecule has 0 radical (unpaired) electrons. The van der Waals surface area contributed by atoms with Crippen molar-refractivity contribution in [3.8, 4) is 0 Å². The highest BCUT2D eigenvalue weighted by molar-refractivity contribution is 5.91. The van der Waals surface area contributed by atoms with Crippen molar-refractivity contribution in [1.82, 2.24) is 10.6 Å². The molecule has 0 aromatic carbocycles. The molecule has 1 atom stereocenters. The van der Waals surface area contributed by atoms with E-state index in [0.717, 1.165) is 12.8 Å². The number of rotatable bonds is 3. The number of carbonyl (C=O) groups is 2. The van der Waals surface area contributed by atoms with E-state index in [4.69, 9.17) is 0 Å². The first kappa shape index (κ1) is 10.0. The van der Waals surface area contributed by atoms with Gasteiger partial charge in [0, 0.05) is 14.0 Å². The Morgan fingerprint density at radius 1 is 1.38 bits per heavy atom. The third-order valence-electron chi connectivity index (χ3n) is 2.53. The molecule has 1 unspecified atom stereocenters. The number of nitrogens with one attached hydrogen (secondary N) is 2. The molecule has 74 valence electrons. The van der Waals surface area contributed by atoms with Crippen molar-refractivity contribution in [1.29, 1.82) is 0 Å². The molecule has 0 bridgehead atoms. The molecule has 4 heteroatoms. The minimum Gasteiger partial charge on any atom is -0.357 e. The monoisotopic (exact) mass is 184 g/mol. The van der Waals surface area contributed by atoms with Gasteiger partial charge in [0.05, 0.1) is 0 Å². The van der Waals surface area contributed by atoms with Crippen LogP contribution in [-0.4, -0.2) is 24.4 Å². The quantitative estimate of drug-likeness (QED) is 0.650. The Bertz CT molecular complexity index is 236. The fourth-order valence-electron chi connectivity index (χ4n) is 1.63. The van der Waals surface area contributed by atoms with Gasteiger partial charge in [-0.2, -0.15) is 0 Å². The third-order valence-corrected chi connectivity index (χ3v) is 2.53. The number of amides is 2. The highest BCUT2D eigenvalue weighted by atomic mass is 16.2. The number of hydrogen-bond donors (Lipinski definition) is 2. The summed E-state index contributed by atoms with van der Waals surface area (Å²) in [6.45, 7) is 3.22. The summed E-state index contributed by atoms with van der Waals surface area (Å²) < 4.78 is 0. The lowest BCUT2D eigenvalue weighted by atomic mass is 9.94. The van der Waals surface area contributed by atoms with Gasteiger partial charge >= 0.3 is 0 Å². The summed E-state index contributed by atoms with van der Waals surface area (Å²) in [5.41, 5.74) is -0.708. The second-order valence-electron chi connectivity index (χ2n) is 3.74. The van der Waals surface area contributed by atoms with Crippen LogP contribution < -0.4 is 10.6 Å². The summed E-state index contributed by atoms with van der Waals surface area (Å²) >= 11 is 0. The van der Waals surface area contributed by atoms with Crippen molar-refractivity contribution in [3.63, 3.8) is 0 Å². The Labute approximate surface area is 78.1 Å². The summed E-state index contributed by atoms with van der Waals surface area (Å²) in [4.78, 5) is 22.4. The van der Waals surface area contributed by atoms with E-state index in [1.54, 1.807) is 14.0 Å². The predicted octanol–water partition coefficient (Wildman–Crippen LogP) is 0.0372. The van der Waals surface area contributed by atoms with Crippen molar-refractivity contribution in [3.05, 3.63) is 0 Å². The average Bonchev–Trinajstić information content (AvgIpc) is 2.83. The van der Waals surface area contributed by atoms with E-state index in [2.05, 4.69) is 10.6 Å². The second-order valence-corrected chi connectivity index (χ2v) is 3.74. The first-order valence-corrected chi connectivity index (χ1v) is 4.51. The van der Waals surface area contributed by atoms with Gasteiger partial charge < -0.3 is 10.6 Å². The topological polar surface area (TPSA) is 58.2 Å². The SMILES string of the molecule is CNC(=O)C(C)(NC(C)=O)C1CC1. The Balaban J connectivity index is 2.73. The summed E-state index contributed by atoms with van der Waals surface area (Å²) in [6, 6.07) is 0. The zero-order valence-electron chi connectivity index (χ0n) is 8.31. The lowest BCUT2D eigenvalue weighted by molar-refractivity contribution is -0.132. The molecule has 1 fully saturated rings. The molecular weight excluding hydrogens is 168 g/mol. The largest absolute Gasteiger partial charge is 0.357 e. The summed E-state index contributed by atoms with van der Waals surface area (Å²) in [5, 5.41) is 5.30. The van der Waals surface area contributed by atoms with Gasteiger partial charge in [-0.3, -0.25) is 9.59 Å². The maximum absolute atomic E-state index is 11.5. The van der Waals surface area contributed by atoms with Crippen LogP contribution in [0.25, 0.3) is 0 Å². The highest BCUT2D eigenvalue weighted by Gasteiger charge is 2.47. The first-order valence-electron chi connectivity index (χ1n) is 4.51. The van der Waals surface area contributed by atoms with Crippen molar-refractivity contribution < 1.29 is 9.59 Å². The van der Waals surface area contributed by atoms with Gasteiger partial charge in [-0.05, 0) is 25.7 Å². The van der Waals surface area contributed by atoms with Gasteiger partial charge in [0.2, 0.25) is 11.8 Å². The van der Waals surface area contributed by atoms with Crippen LogP contribution in [-0.2, 0) is 9.59 Å². The van der Waals surface area contributed by atoms with Gasteiger partial charge in [0.25, 0.3) is 0 Å². The van der Waals surface area contributed by atoms with E-state index < -0.39 is 5.54 Å².